The Labute approximate surface area is 133 Å². The van der Waals surface area contributed by atoms with Gasteiger partial charge in [0.15, 0.2) is 0 Å². The smallest absolute Gasteiger partial charge is 0.336 e. The number of nitrogens with zero attached hydrogens (tertiary/aromatic N) is 1. The van der Waals surface area contributed by atoms with E-state index in [1.165, 1.54) is 0 Å². The zero-order valence-corrected chi connectivity index (χ0v) is 13.6. The number of carboxylic acids is 1. The highest BCUT2D eigenvalue weighted by Gasteiger charge is 2.18. The van der Waals surface area contributed by atoms with Crippen LogP contribution >= 0.6 is 11.3 Å². The van der Waals surface area contributed by atoms with Gasteiger partial charge in [-0.2, -0.15) is 0 Å². The number of hydrogen-bond donors (Lipinski definition) is 1. The lowest BCUT2D eigenvalue weighted by Gasteiger charge is -2.19. The first-order valence-corrected chi connectivity index (χ1v) is 7.97. The molecule has 112 valence electrons. The van der Waals surface area contributed by atoms with E-state index >= 15 is 0 Å². The molecule has 0 aliphatic heterocycles. The molecule has 2 aromatic heterocycles. The predicted octanol–water partition coefficient (Wildman–Crippen LogP) is 4.96. The Hall–Kier alpha value is -2.20. The minimum atomic E-state index is -0.920. The van der Waals surface area contributed by atoms with Gasteiger partial charge < -0.3 is 5.11 Å². The quantitative estimate of drug-likeness (QED) is 0.727. The van der Waals surface area contributed by atoms with E-state index < -0.39 is 5.97 Å². The highest BCUT2D eigenvalue weighted by molar-refractivity contribution is 7.13. The molecule has 22 heavy (non-hydrogen) atoms. The zero-order chi connectivity index (χ0) is 15.9. The second-order valence-electron chi connectivity index (χ2n) is 6.32. The van der Waals surface area contributed by atoms with Crippen molar-refractivity contribution in [2.24, 2.45) is 0 Å². The standard InChI is InChI=1S/C18H17NO2S/c1-18(2,3)11-6-7-14-12(9-11)13(17(20)21)10-15(19-14)16-5-4-8-22-16/h4-10H,1-3H3,(H,20,21). The Bertz CT molecular complexity index is 845. The fourth-order valence-corrected chi connectivity index (χ4v) is 3.11. The van der Waals surface area contributed by atoms with Crippen molar-refractivity contribution < 1.29 is 9.90 Å². The normalized spacial score (nSPS) is 11.8. The fourth-order valence-electron chi connectivity index (χ4n) is 2.42. The molecule has 1 aromatic carbocycles. The number of benzene rings is 1. The molecule has 0 saturated heterocycles. The predicted molar refractivity (Wildman–Crippen MR) is 90.7 cm³/mol. The topological polar surface area (TPSA) is 50.2 Å². The Kier molecular flexibility index (Phi) is 3.49. The molecule has 0 amide bonds. The van der Waals surface area contributed by atoms with Crippen molar-refractivity contribution >= 4 is 28.2 Å². The molecule has 3 nitrogen and oxygen atoms in total. The van der Waals surface area contributed by atoms with E-state index in [1.54, 1.807) is 17.4 Å². The van der Waals surface area contributed by atoms with Crippen LogP contribution in [0.1, 0.15) is 36.7 Å². The summed E-state index contributed by atoms with van der Waals surface area (Å²) < 4.78 is 0. The van der Waals surface area contributed by atoms with Crippen molar-refractivity contribution in [2.45, 2.75) is 26.2 Å². The van der Waals surface area contributed by atoms with Crippen molar-refractivity contribution in [1.29, 1.82) is 0 Å². The van der Waals surface area contributed by atoms with Crippen LogP contribution in [-0.2, 0) is 5.41 Å². The Morgan fingerprint density at radius 2 is 1.95 bits per heavy atom. The average Bonchev–Trinajstić information content (AvgIpc) is 2.98. The summed E-state index contributed by atoms with van der Waals surface area (Å²) in [7, 11) is 0. The van der Waals surface area contributed by atoms with Crippen LogP contribution in [0.15, 0.2) is 41.8 Å². The number of thiophene rings is 1. The number of rotatable bonds is 2. The fraction of sp³-hybridized carbons (Fsp3) is 0.222. The lowest BCUT2D eigenvalue weighted by Crippen LogP contribution is -2.11. The maximum atomic E-state index is 11.7. The van der Waals surface area contributed by atoms with Gasteiger partial charge in [0.1, 0.15) is 0 Å². The highest BCUT2D eigenvalue weighted by Crippen LogP contribution is 2.31. The van der Waals surface area contributed by atoms with Crippen LogP contribution < -0.4 is 0 Å². The molecule has 0 aliphatic carbocycles. The van der Waals surface area contributed by atoms with E-state index in [9.17, 15) is 9.90 Å². The van der Waals surface area contributed by atoms with Gasteiger partial charge >= 0.3 is 5.97 Å². The minimum absolute atomic E-state index is 0.0314. The van der Waals surface area contributed by atoms with E-state index in [1.807, 2.05) is 35.7 Å². The molecule has 0 atom stereocenters. The number of aromatic carboxylic acids is 1. The number of carboxylic acid groups (broad SMARTS) is 1. The molecule has 0 spiro atoms. The van der Waals surface area contributed by atoms with E-state index in [4.69, 9.17) is 0 Å². The maximum absolute atomic E-state index is 11.7. The molecule has 3 rings (SSSR count). The molecule has 0 bridgehead atoms. The van der Waals surface area contributed by atoms with E-state index in [0.29, 0.717) is 16.6 Å². The number of carbonyl (C=O) groups is 1. The summed E-state index contributed by atoms with van der Waals surface area (Å²) in [6.45, 7) is 6.34. The highest BCUT2D eigenvalue weighted by atomic mass is 32.1. The van der Waals surface area contributed by atoms with E-state index in [0.717, 1.165) is 16.0 Å². The van der Waals surface area contributed by atoms with Crippen LogP contribution in [0.2, 0.25) is 0 Å². The van der Waals surface area contributed by atoms with Crippen LogP contribution in [0, 0.1) is 0 Å². The number of pyridine rings is 1. The molecule has 2 heterocycles. The van der Waals surface area contributed by atoms with Gasteiger partial charge in [0.25, 0.3) is 0 Å². The maximum Gasteiger partial charge on any atom is 0.336 e. The first-order valence-electron chi connectivity index (χ1n) is 7.09. The van der Waals surface area contributed by atoms with Crippen molar-refractivity contribution in [1.82, 2.24) is 4.98 Å². The van der Waals surface area contributed by atoms with Crippen LogP contribution in [0.4, 0.5) is 0 Å². The molecule has 0 fully saturated rings. The van der Waals surface area contributed by atoms with Crippen molar-refractivity contribution in [3.63, 3.8) is 0 Å². The molecule has 0 unspecified atom stereocenters. The van der Waals surface area contributed by atoms with Gasteiger partial charge in [-0.3, -0.25) is 0 Å². The molecule has 1 N–H and O–H groups in total. The summed E-state index contributed by atoms with van der Waals surface area (Å²) in [5.41, 5.74) is 2.81. The van der Waals surface area contributed by atoms with Crippen LogP contribution in [0.5, 0.6) is 0 Å². The average molecular weight is 311 g/mol. The Balaban J connectivity index is 2.29. The second kappa shape index (κ2) is 5.21. The summed E-state index contributed by atoms with van der Waals surface area (Å²) in [5.74, 6) is -0.920. The van der Waals surface area contributed by atoms with Crippen LogP contribution in [-0.4, -0.2) is 16.1 Å². The number of hydrogen-bond acceptors (Lipinski definition) is 3. The molecular weight excluding hydrogens is 294 g/mol. The molecular formula is C18H17NO2S. The first-order chi connectivity index (χ1) is 10.4. The van der Waals surface area contributed by atoms with Gasteiger partial charge in [-0.15, -0.1) is 11.3 Å². The van der Waals surface area contributed by atoms with Crippen LogP contribution in [0.25, 0.3) is 21.5 Å². The Morgan fingerprint density at radius 3 is 2.55 bits per heavy atom. The second-order valence-corrected chi connectivity index (χ2v) is 7.27. The van der Waals surface area contributed by atoms with Crippen molar-refractivity contribution in [2.75, 3.05) is 0 Å². The molecule has 3 aromatic rings. The summed E-state index contributed by atoms with van der Waals surface area (Å²) in [4.78, 5) is 17.3. The van der Waals surface area contributed by atoms with Crippen molar-refractivity contribution in [3.8, 4) is 10.6 Å². The van der Waals surface area contributed by atoms with Crippen LogP contribution in [0.3, 0.4) is 0 Å². The third-order valence-corrected chi connectivity index (χ3v) is 4.57. The molecule has 4 heteroatoms. The summed E-state index contributed by atoms with van der Waals surface area (Å²) in [6, 6.07) is 11.5. The van der Waals surface area contributed by atoms with Crippen molar-refractivity contribution in [3.05, 3.63) is 52.9 Å². The number of aromatic nitrogens is 1. The summed E-state index contributed by atoms with van der Waals surface area (Å²) >= 11 is 1.56. The molecule has 0 aliphatic rings. The minimum Gasteiger partial charge on any atom is -0.478 e. The van der Waals surface area contributed by atoms with E-state index in [-0.39, 0.29) is 5.41 Å². The van der Waals surface area contributed by atoms with Gasteiger partial charge in [-0.25, -0.2) is 9.78 Å². The first kappa shape index (κ1) is 14.7. The largest absolute Gasteiger partial charge is 0.478 e. The zero-order valence-electron chi connectivity index (χ0n) is 12.8. The third kappa shape index (κ3) is 2.62. The summed E-state index contributed by atoms with van der Waals surface area (Å²) in [5, 5.41) is 12.2. The molecule has 0 radical (unpaired) electrons. The monoisotopic (exact) mass is 311 g/mol. The SMILES string of the molecule is CC(C)(C)c1ccc2nc(-c3cccs3)cc(C(=O)O)c2c1. The number of fused-ring (bicyclic) bond motifs is 1. The Morgan fingerprint density at radius 1 is 1.18 bits per heavy atom. The van der Waals surface area contributed by atoms with Gasteiger partial charge in [0, 0.05) is 5.39 Å². The van der Waals surface area contributed by atoms with Gasteiger partial charge in [0.05, 0.1) is 21.7 Å². The third-order valence-electron chi connectivity index (χ3n) is 3.68. The lowest BCUT2D eigenvalue weighted by atomic mass is 9.86. The van der Waals surface area contributed by atoms with Gasteiger partial charge in [-0.1, -0.05) is 32.9 Å². The lowest BCUT2D eigenvalue weighted by molar-refractivity contribution is 0.0699. The van der Waals surface area contributed by atoms with Gasteiger partial charge in [0.2, 0.25) is 0 Å². The van der Waals surface area contributed by atoms with Gasteiger partial charge in [-0.05, 0) is 40.6 Å². The van der Waals surface area contributed by atoms with E-state index in [2.05, 4.69) is 25.8 Å². The summed E-state index contributed by atoms with van der Waals surface area (Å²) in [6.07, 6.45) is 0. The molecule has 0 saturated carbocycles.